The van der Waals surface area contributed by atoms with E-state index in [1.165, 1.54) is 10.5 Å². The molecule has 2 rings (SSSR count). The van der Waals surface area contributed by atoms with Crippen molar-refractivity contribution in [2.75, 3.05) is 33.3 Å². The van der Waals surface area contributed by atoms with E-state index in [9.17, 15) is 9.59 Å². The molecule has 0 bridgehead atoms. The molecular weight excluding hydrogens is 332 g/mol. The second kappa shape index (κ2) is 10.4. The van der Waals surface area contributed by atoms with Crippen LogP contribution in [0.5, 0.6) is 5.75 Å². The van der Waals surface area contributed by atoms with E-state index in [2.05, 4.69) is 15.6 Å². The van der Waals surface area contributed by atoms with Crippen molar-refractivity contribution < 1.29 is 14.3 Å². The number of nitrogens with one attached hydrogen (secondary N) is 2. The van der Waals surface area contributed by atoms with E-state index >= 15 is 0 Å². The summed E-state index contributed by atoms with van der Waals surface area (Å²) in [6.07, 6.45) is 2.41. The van der Waals surface area contributed by atoms with Crippen LogP contribution < -0.4 is 15.4 Å². The van der Waals surface area contributed by atoms with E-state index in [-0.39, 0.29) is 11.8 Å². The highest BCUT2D eigenvalue weighted by molar-refractivity contribution is 5.97. The van der Waals surface area contributed by atoms with Crippen LogP contribution in [0, 0.1) is 0 Å². The number of ether oxygens (including phenoxy) is 1. The van der Waals surface area contributed by atoms with Crippen molar-refractivity contribution in [3.8, 4) is 5.75 Å². The summed E-state index contributed by atoms with van der Waals surface area (Å²) in [5.74, 6) is 1.38. The molecule has 1 saturated heterocycles. The maximum absolute atomic E-state index is 11.8. The van der Waals surface area contributed by atoms with Gasteiger partial charge in [0.1, 0.15) is 5.75 Å². The molecule has 0 aromatic heterocycles. The van der Waals surface area contributed by atoms with Crippen LogP contribution in [0.3, 0.4) is 0 Å². The number of imide groups is 1. The van der Waals surface area contributed by atoms with Crippen molar-refractivity contribution >= 4 is 17.8 Å². The molecule has 1 aliphatic rings. The maximum atomic E-state index is 11.8. The largest absolute Gasteiger partial charge is 0.497 e. The zero-order chi connectivity index (χ0) is 18.8. The van der Waals surface area contributed by atoms with E-state index < -0.39 is 0 Å². The van der Waals surface area contributed by atoms with E-state index in [4.69, 9.17) is 4.74 Å². The van der Waals surface area contributed by atoms with Gasteiger partial charge in [0.25, 0.3) is 0 Å². The Morgan fingerprint density at radius 2 is 1.85 bits per heavy atom. The molecule has 7 heteroatoms. The van der Waals surface area contributed by atoms with Gasteiger partial charge < -0.3 is 15.4 Å². The van der Waals surface area contributed by atoms with Gasteiger partial charge in [-0.15, -0.1) is 0 Å². The normalized spacial score (nSPS) is 15.2. The Balaban J connectivity index is 1.79. The monoisotopic (exact) mass is 360 g/mol. The van der Waals surface area contributed by atoms with Crippen molar-refractivity contribution in [2.45, 2.75) is 32.6 Å². The first kappa shape index (κ1) is 19.8. The molecule has 26 heavy (non-hydrogen) atoms. The van der Waals surface area contributed by atoms with E-state index in [1.54, 1.807) is 7.11 Å². The number of piperidine rings is 1. The quantitative estimate of drug-likeness (QED) is 0.415. The Morgan fingerprint density at radius 3 is 2.46 bits per heavy atom. The second-order valence-electron chi connectivity index (χ2n) is 6.08. The van der Waals surface area contributed by atoms with Gasteiger partial charge in [-0.1, -0.05) is 12.1 Å². The Morgan fingerprint density at radius 1 is 1.15 bits per heavy atom. The molecule has 0 saturated carbocycles. The van der Waals surface area contributed by atoms with Gasteiger partial charge in [0.15, 0.2) is 5.96 Å². The highest BCUT2D eigenvalue weighted by atomic mass is 16.5. The number of hydrogen-bond acceptors (Lipinski definition) is 4. The molecule has 0 spiro atoms. The van der Waals surface area contributed by atoms with E-state index in [0.29, 0.717) is 44.9 Å². The fourth-order valence-electron chi connectivity index (χ4n) is 2.77. The van der Waals surface area contributed by atoms with Crippen LogP contribution >= 0.6 is 0 Å². The molecule has 0 atom stereocenters. The Hall–Kier alpha value is -2.57. The van der Waals surface area contributed by atoms with Crippen molar-refractivity contribution in [2.24, 2.45) is 4.99 Å². The van der Waals surface area contributed by atoms with E-state index in [0.717, 1.165) is 18.7 Å². The highest BCUT2D eigenvalue weighted by Gasteiger charge is 2.25. The lowest BCUT2D eigenvalue weighted by Gasteiger charge is -2.25. The third-order valence-electron chi connectivity index (χ3n) is 4.18. The topological polar surface area (TPSA) is 83.0 Å². The third kappa shape index (κ3) is 6.06. The number of methoxy groups -OCH3 is 1. The van der Waals surface area contributed by atoms with E-state index in [1.807, 2.05) is 31.2 Å². The molecule has 0 unspecified atom stereocenters. The van der Waals surface area contributed by atoms with Gasteiger partial charge in [0.2, 0.25) is 11.8 Å². The molecule has 1 heterocycles. The van der Waals surface area contributed by atoms with Crippen LogP contribution in [0.2, 0.25) is 0 Å². The second-order valence-corrected chi connectivity index (χ2v) is 6.08. The number of carbonyl (C=O) groups excluding carboxylic acids is 2. The number of rotatable bonds is 8. The number of guanidine groups is 1. The van der Waals surface area contributed by atoms with Crippen LogP contribution in [0.25, 0.3) is 0 Å². The first-order chi connectivity index (χ1) is 12.6. The number of likely N-dealkylation sites (tertiary alicyclic amines) is 1. The number of nitrogens with zero attached hydrogens (tertiary/aromatic N) is 2. The SMILES string of the molecule is CCNC(=NCCc1ccc(OC)cc1)NCCN1C(=O)CCCC1=O. The van der Waals surface area contributed by atoms with Crippen LogP contribution in [-0.2, 0) is 16.0 Å². The Kier molecular flexibility index (Phi) is 7.92. The number of amides is 2. The van der Waals surface area contributed by atoms with Crippen LogP contribution in [0.15, 0.2) is 29.3 Å². The predicted molar refractivity (Wildman–Crippen MR) is 101 cm³/mol. The van der Waals surface area contributed by atoms with Crippen molar-refractivity contribution in [3.05, 3.63) is 29.8 Å². The first-order valence-corrected chi connectivity index (χ1v) is 9.12. The smallest absolute Gasteiger partial charge is 0.229 e. The lowest BCUT2D eigenvalue weighted by molar-refractivity contribution is -0.147. The molecule has 1 fully saturated rings. The molecule has 7 nitrogen and oxygen atoms in total. The maximum Gasteiger partial charge on any atom is 0.229 e. The summed E-state index contributed by atoms with van der Waals surface area (Å²) in [6, 6.07) is 7.94. The van der Waals surface area contributed by atoms with Gasteiger partial charge in [-0.05, 0) is 37.5 Å². The Bertz CT molecular complexity index is 612. The molecule has 0 aliphatic carbocycles. The van der Waals surface area contributed by atoms with Gasteiger partial charge >= 0.3 is 0 Å². The van der Waals surface area contributed by atoms with Crippen LogP contribution in [0.1, 0.15) is 31.7 Å². The molecule has 2 amide bonds. The molecule has 0 radical (unpaired) electrons. The van der Waals surface area contributed by atoms with Gasteiger partial charge in [-0.2, -0.15) is 0 Å². The van der Waals surface area contributed by atoms with Crippen LogP contribution in [0.4, 0.5) is 0 Å². The predicted octanol–water partition coefficient (Wildman–Crippen LogP) is 1.33. The first-order valence-electron chi connectivity index (χ1n) is 9.12. The van der Waals surface area contributed by atoms with Gasteiger partial charge in [0, 0.05) is 39.0 Å². The fourth-order valence-corrected chi connectivity index (χ4v) is 2.77. The standard InChI is InChI=1S/C19H28N4O3/c1-3-20-19(21-12-11-15-7-9-16(26-2)10-8-15)22-13-14-23-17(24)5-4-6-18(23)25/h7-10H,3-6,11-14H2,1-2H3,(H2,20,21,22). The lowest BCUT2D eigenvalue weighted by Crippen LogP contribution is -2.46. The molecule has 1 aromatic rings. The van der Waals surface area contributed by atoms with Gasteiger partial charge in [-0.3, -0.25) is 19.5 Å². The number of benzene rings is 1. The number of aliphatic imine (C=N–C) groups is 1. The number of hydrogen-bond donors (Lipinski definition) is 2. The summed E-state index contributed by atoms with van der Waals surface area (Å²) in [5, 5.41) is 6.36. The molecule has 1 aromatic carbocycles. The molecule has 2 N–H and O–H groups in total. The van der Waals surface area contributed by atoms with Crippen LogP contribution in [-0.4, -0.2) is 56.0 Å². The zero-order valence-corrected chi connectivity index (χ0v) is 15.6. The number of carbonyl (C=O) groups is 2. The van der Waals surface area contributed by atoms with Crippen molar-refractivity contribution in [1.82, 2.24) is 15.5 Å². The third-order valence-corrected chi connectivity index (χ3v) is 4.18. The summed E-state index contributed by atoms with van der Waals surface area (Å²) < 4.78 is 5.15. The molecule has 1 aliphatic heterocycles. The zero-order valence-electron chi connectivity index (χ0n) is 15.6. The fraction of sp³-hybridized carbons (Fsp3) is 0.526. The summed E-state index contributed by atoms with van der Waals surface area (Å²) in [5.41, 5.74) is 1.19. The van der Waals surface area contributed by atoms with Gasteiger partial charge in [-0.25, -0.2) is 0 Å². The lowest BCUT2D eigenvalue weighted by atomic mass is 10.1. The highest BCUT2D eigenvalue weighted by Crippen LogP contribution is 2.12. The summed E-state index contributed by atoms with van der Waals surface area (Å²) in [4.78, 5) is 29.5. The van der Waals surface area contributed by atoms with Crippen molar-refractivity contribution in [3.63, 3.8) is 0 Å². The van der Waals surface area contributed by atoms with Crippen molar-refractivity contribution in [1.29, 1.82) is 0 Å². The summed E-state index contributed by atoms with van der Waals surface area (Å²) in [7, 11) is 1.65. The van der Waals surface area contributed by atoms with Gasteiger partial charge in [0.05, 0.1) is 7.11 Å². The average molecular weight is 360 g/mol. The average Bonchev–Trinajstić information content (AvgIpc) is 2.64. The minimum atomic E-state index is -0.0792. The minimum Gasteiger partial charge on any atom is -0.497 e. The molecular formula is C19H28N4O3. The molecule has 142 valence electrons. The summed E-state index contributed by atoms with van der Waals surface area (Å²) >= 11 is 0. The Labute approximate surface area is 154 Å². The summed E-state index contributed by atoms with van der Waals surface area (Å²) in [6.45, 7) is 4.25. The minimum absolute atomic E-state index is 0.0792.